The van der Waals surface area contributed by atoms with Gasteiger partial charge in [-0.3, -0.25) is 5.01 Å². The lowest BCUT2D eigenvalue weighted by Crippen LogP contribution is -2.19. The summed E-state index contributed by atoms with van der Waals surface area (Å²) in [4.78, 5) is 0. The monoisotopic (exact) mass is 253 g/mol. The molecule has 0 bridgehead atoms. The summed E-state index contributed by atoms with van der Waals surface area (Å²) in [5.74, 6) is 1.48. The van der Waals surface area contributed by atoms with Gasteiger partial charge in [-0.1, -0.05) is 34.1 Å². The van der Waals surface area contributed by atoms with Crippen molar-refractivity contribution in [1.29, 1.82) is 0 Å². The van der Waals surface area contributed by atoms with Gasteiger partial charge in [-0.05, 0) is 37.5 Å². The summed E-state index contributed by atoms with van der Waals surface area (Å²) in [7, 11) is 0. The van der Waals surface area contributed by atoms with Crippen molar-refractivity contribution in [3.8, 4) is 0 Å². The number of nitrogens with two attached hydrogens (primary N) is 1. The molecule has 0 aromatic rings. The van der Waals surface area contributed by atoms with Crippen LogP contribution in [0.25, 0.3) is 0 Å². The van der Waals surface area contributed by atoms with Gasteiger partial charge in [-0.2, -0.15) is 5.10 Å². The van der Waals surface area contributed by atoms with Crippen molar-refractivity contribution >= 4 is 6.72 Å². The fourth-order valence-electron chi connectivity index (χ4n) is 1.94. The van der Waals surface area contributed by atoms with E-state index in [1.54, 1.807) is 6.20 Å². The predicted octanol–water partition coefficient (Wildman–Crippen LogP) is 3.97. The third-order valence-electron chi connectivity index (χ3n) is 3.06. The van der Waals surface area contributed by atoms with Crippen molar-refractivity contribution in [2.75, 3.05) is 6.54 Å². The van der Waals surface area contributed by atoms with Gasteiger partial charge in [0.05, 0.1) is 5.70 Å². The first-order valence-electron chi connectivity index (χ1n) is 7.16. The minimum atomic E-state index is 0.739. The van der Waals surface area contributed by atoms with Crippen LogP contribution in [-0.4, -0.2) is 18.3 Å². The molecule has 2 N–H and O–H groups in total. The standard InChI is InChI=1S/C15H31N3/c1-13(2)8-6-10-15(12-16)18(17-5)11-7-9-14(3)4/h12-14H,5-11,16H2,1-4H3/b15-12-. The van der Waals surface area contributed by atoms with E-state index in [2.05, 4.69) is 39.5 Å². The number of hydrazone groups is 1. The van der Waals surface area contributed by atoms with Crippen LogP contribution in [-0.2, 0) is 0 Å². The fourth-order valence-corrected chi connectivity index (χ4v) is 1.94. The van der Waals surface area contributed by atoms with Crippen LogP contribution in [0.15, 0.2) is 17.0 Å². The van der Waals surface area contributed by atoms with E-state index in [1.165, 1.54) is 12.8 Å². The lowest BCUT2D eigenvalue weighted by molar-refractivity contribution is 0.328. The van der Waals surface area contributed by atoms with E-state index < -0.39 is 0 Å². The Kier molecular flexibility index (Phi) is 9.43. The lowest BCUT2D eigenvalue weighted by atomic mass is 10.0. The minimum Gasteiger partial charge on any atom is -0.403 e. The maximum Gasteiger partial charge on any atom is 0.0522 e. The average molecular weight is 253 g/mol. The molecule has 0 unspecified atom stereocenters. The summed E-state index contributed by atoms with van der Waals surface area (Å²) in [6.45, 7) is 13.6. The molecule has 0 saturated carbocycles. The summed E-state index contributed by atoms with van der Waals surface area (Å²) in [6, 6.07) is 0. The molecule has 3 heteroatoms. The number of nitrogens with zero attached hydrogens (tertiary/aromatic N) is 2. The molecule has 0 rings (SSSR count). The molecule has 0 saturated heterocycles. The third-order valence-corrected chi connectivity index (χ3v) is 3.06. The molecule has 3 nitrogen and oxygen atoms in total. The second kappa shape index (κ2) is 9.98. The zero-order chi connectivity index (χ0) is 14.0. The predicted molar refractivity (Wildman–Crippen MR) is 81.3 cm³/mol. The second-order valence-electron chi connectivity index (χ2n) is 5.74. The van der Waals surface area contributed by atoms with Crippen molar-refractivity contribution in [2.24, 2.45) is 22.7 Å². The molecule has 0 aliphatic carbocycles. The van der Waals surface area contributed by atoms with Crippen LogP contribution in [0.1, 0.15) is 59.8 Å². The Morgan fingerprint density at radius 2 is 1.72 bits per heavy atom. The first-order valence-corrected chi connectivity index (χ1v) is 7.16. The Hall–Kier alpha value is -0.990. The van der Waals surface area contributed by atoms with E-state index in [0.717, 1.165) is 43.3 Å². The number of allylic oxidation sites excluding steroid dienone is 1. The highest BCUT2D eigenvalue weighted by Gasteiger charge is 2.08. The van der Waals surface area contributed by atoms with Crippen LogP contribution >= 0.6 is 0 Å². The average Bonchev–Trinajstić information content (AvgIpc) is 2.30. The Balaban J connectivity index is 4.10. The molecule has 0 aliphatic rings. The Morgan fingerprint density at radius 3 is 2.17 bits per heavy atom. The van der Waals surface area contributed by atoms with E-state index in [0.29, 0.717) is 0 Å². The second-order valence-corrected chi connectivity index (χ2v) is 5.74. The summed E-state index contributed by atoms with van der Waals surface area (Å²) in [5, 5.41) is 6.05. The van der Waals surface area contributed by atoms with E-state index in [1.807, 2.05) is 5.01 Å². The normalized spacial score (nSPS) is 12.2. The molecule has 0 amide bonds. The zero-order valence-electron chi connectivity index (χ0n) is 12.7. The zero-order valence-corrected chi connectivity index (χ0v) is 12.7. The molecule has 0 atom stereocenters. The molecule has 0 spiro atoms. The number of hydrogen-bond donors (Lipinski definition) is 1. The Bertz CT molecular complexity index is 244. The molecule has 0 radical (unpaired) electrons. The van der Waals surface area contributed by atoms with Crippen LogP contribution in [0.4, 0.5) is 0 Å². The van der Waals surface area contributed by atoms with Crippen molar-refractivity contribution in [2.45, 2.75) is 59.8 Å². The molecular formula is C15H31N3. The molecular weight excluding hydrogens is 222 g/mol. The third kappa shape index (κ3) is 8.15. The maximum absolute atomic E-state index is 5.71. The lowest BCUT2D eigenvalue weighted by Gasteiger charge is -2.22. The summed E-state index contributed by atoms with van der Waals surface area (Å²) in [6.07, 6.45) is 7.43. The molecule has 0 heterocycles. The molecule has 18 heavy (non-hydrogen) atoms. The van der Waals surface area contributed by atoms with Crippen molar-refractivity contribution in [1.82, 2.24) is 5.01 Å². The highest BCUT2D eigenvalue weighted by atomic mass is 15.4. The number of rotatable bonds is 10. The summed E-state index contributed by atoms with van der Waals surface area (Å²) in [5.41, 5.74) is 6.81. The van der Waals surface area contributed by atoms with Gasteiger partial charge in [0.2, 0.25) is 0 Å². The van der Waals surface area contributed by atoms with Crippen LogP contribution in [0.3, 0.4) is 0 Å². The van der Waals surface area contributed by atoms with E-state index in [-0.39, 0.29) is 0 Å². The minimum absolute atomic E-state index is 0.739. The molecule has 0 aromatic carbocycles. The smallest absolute Gasteiger partial charge is 0.0522 e. The van der Waals surface area contributed by atoms with Gasteiger partial charge in [0.15, 0.2) is 0 Å². The first kappa shape index (κ1) is 17.0. The first-order chi connectivity index (χ1) is 8.51. The van der Waals surface area contributed by atoms with E-state index in [4.69, 9.17) is 5.73 Å². The summed E-state index contributed by atoms with van der Waals surface area (Å²) < 4.78 is 0. The van der Waals surface area contributed by atoms with Crippen molar-refractivity contribution in [3.05, 3.63) is 11.9 Å². The van der Waals surface area contributed by atoms with Crippen molar-refractivity contribution in [3.63, 3.8) is 0 Å². The topological polar surface area (TPSA) is 41.6 Å². The van der Waals surface area contributed by atoms with Gasteiger partial charge in [-0.15, -0.1) is 0 Å². The SMILES string of the molecule is C=NN(CCCC(C)C)/C(=C\N)CCCC(C)C. The molecule has 106 valence electrons. The van der Waals surface area contributed by atoms with Gasteiger partial charge < -0.3 is 5.73 Å². The van der Waals surface area contributed by atoms with Gasteiger partial charge in [-0.25, -0.2) is 0 Å². The highest BCUT2D eigenvalue weighted by Crippen LogP contribution is 2.16. The Labute approximate surface area is 113 Å². The van der Waals surface area contributed by atoms with Gasteiger partial charge in [0, 0.05) is 19.5 Å². The van der Waals surface area contributed by atoms with Crippen molar-refractivity contribution < 1.29 is 0 Å². The Morgan fingerprint density at radius 1 is 1.17 bits per heavy atom. The highest BCUT2D eigenvalue weighted by molar-refractivity contribution is 5.23. The summed E-state index contributed by atoms with van der Waals surface area (Å²) >= 11 is 0. The van der Waals surface area contributed by atoms with Gasteiger partial charge in [0.25, 0.3) is 0 Å². The quantitative estimate of drug-likeness (QED) is 0.473. The van der Waals surface area contributed by atoms with E-state index >= 15 is 0 Å². The largest absolute Gasteiger partial charge is 0.403 e. The number of hydrogen-bond acceptors (Lipinski definition) is 3. The van der Waals surface area contributed by atoms with Crippen LogP contribution in [0, 0.1) is 11.8 Å². The maximum atomic E-state index is 5.71. The van der Waals surface area contributed by atoms with Crippen LogP contribution in [0.5, 0.6) is 0 Å². The van der Waals surface area contributed by atoms with Crippen LogP contribution < -0.4 is 5.73 Å². The fraction of sp³-hybridized carbons (Fsp3) is 0.800. The van der Waals surface area contributed by atoms with E-state index in [9.17, 15) is 0 Å². The molecule has 0 fully saturated rings. The van der Waals surface area contributed by atoms with Gasteiger partial charge in [0.1, 0.15) is 0 Å². The van der Waals surface area contributed by atoms with Gasteiger partial charge >= 0.3 is 0 Å². The molecule has 0 aromatic heterocycles. The van der Waals surface area contributed by atoms with Crippen LogP contribution in [0.2, 0.25) is 0 Å². The molecule has 0 aliphatic heterocycles.